The first-order valence-electron chi connectivity index (χ1n) is 12.3. The molecule has 0 unspecified atom stereocenters. The lowest BCUT2D eigenvalue weighted by atomic mass is 10.1. The van der Waals surface area contributed by atoms with Crippen molar-refractivity contribution in [3.8, 4) is 22.8 Å². The van der Waals surface area contributed by atoms with Gasteiger partial charge in [0.2, 0.25) is 0 Å². The number of furan rings is 1. The van der Waals surface area contributed by atoms with Crippen LogP contribution in [0, 0.1) is 5.82 Å². The topological polar surface area (TPSA) is 104 Å². The first kappa shape index (κ1) is 26.6. The molecule has 0 saturated heterocycles. The highest BCUT2D eigenvalue weighted by molar-refractivity contribution is 6.32. The number of nitrogens with one attached hydrogen (secondary N) is 1. The molecule has 0 fully saturated rings. The van der Waals surface area contributed by atoms with Crippen molar-refractivity contribution in [1.29, 1.82) is 0 Å². The summed E-state index contributed by atoms with van der Waals surface area (Å²) < 4.78 is 25.7. The predicted molar refractivity (Wildman–Crippen MR) is 148 cm³/mol. The molecule has 8 nitrogen and oxygen atoms in total. The number of rotatable bonds is 11. The Morgan fingerprint density at radius 2 is 1.74 bits per heavy atom. The van der Waals surface area contributed by atoms with Gasteiger partial charge in [-0.2, -0.15) is 0 Å². The van der Waals surface area contributed by atoms with Gasteiger partial charge in [-0.3, -0.25) is 4.90 Å². The van der Waals surface area contributed by atoms with Crippen LogP contribution in [0.15, 0.2) is 83.5 Å². The highest BCUT2D eigenvalue weighted by atomic mass is 35.5. The quantitative estimate of drug-likeness (QED) is 0.184. The van der Waals surface area contributed by atoms with E-state index >= 15 is 0 Å². The van der Waals surface area contributed by atoms with Crippen LogP contribution in [0.4, 0.5) is 15.9 Å². The number of anilines is 2. The van der Waals surface area contributed by atoms with Crippen LogP contribution < -0.4 is 10.1 Å². The summed E-state index contributed by atoms with van der Waals surface area (Å²) in [5, 5.41) is 22.9. The van der Waals surface area contributed by atoms with Crippen LogP contribution in [0.5, 0.6) is 11.5 Å². The van der Waals surface area contributed by atoms with Crippen LogP contribution >= 0.6 is 11.6 Å². The Labute approximate surface area is 229 Å². The Hall–Kier alpha value is -4.02. The van der Waals surface area contributed by atoms with Gasteiger partial charge in [-0.05, 0) is 60.7 Å². The van der Waals surface area contributed by atoms with Gasteiger partial charge in [0.1, 0.15) is 29.4 Å². The summed E-state index contributed by atoms with van der Waals surface area (Å²) in [5.74, 6) is 1.91. The third kappa shape index (κ3) is 6.35. The summed E-state index contributed by atoms with van der Waals surface area (Å²) in [5.41, 5.74) is 2.25. The second-order valence-corrected chi connectivity index (χ2v) is 9.15. The molecule has 5 rings (SSSR count). The van der Waals surface area contributed by atoms with E-state index in [2.05, 4.69) is 15.3 Å². The van der Waals surface area contributed by atoms with Crippen LogP contribution in [0.3, 0.4) is 0 Å². The molecule has 200 valence electrons. The lowest BCUT2D eigenvalue weighted by Gasteiger charge is -2.18. The molecule has 0 bridgehead atoms. The van der Waals surface area contributed by atoms with E-state index in [1.165, 1.54) is 18.5 Å². The van der Waals surface area contributed by atoms with E-state index in [1.54, 1.807) is 30.3 Å². The zero-order valence-corrected chi connectivity index (χ0v) is 21.6. The zero-order valence-electron chi connectivity index (χ0n) is 20.8. The summed E-state index contributed by atoms with van der Waals surface area (Å²) in [7, 11) is 0. The molecule has 39 heavy (non-hydrogen) atoms. The first-order chi connectivity index (χ1) is 19.0. The molecule has 3 aromatic carbocycles. The Morgan fingerprint density at radius 1 is 0.923 bits per heavy atom. The van der Waals surface area contributed by atoms with Gasteiger partial charge in [-0.25, -0.2) is 14.4 Å². The van der Waals surface area contributed by atoms with Crippen LogP contribution in [0.2, 0.25) is 5.02 Å². The number of halogens is 2. The fourth-order valence-electron chi connectivity index (χ4n) is 4.14. The molecule has 0 aliphatic rings. The SMILES string of the molecule is OCCN(CCO)Cc1ccc(-c2ccc3ncnc(Nc4ccc(Oc5ccccc5F)c(Cl)c4)c3c2)o1. The number of aliphatic hydroxyl groups excluding tert-OH is 2. The average molecular weight is 549 g/mol. The van der Waals surface area contributed by atoms with Gasteiger partial charge >= 0.3 is 0 Å². The predicted octanol–water partition coefficient (Wildman–Crippen LogP) is 6.00. The van der Waals surface area contributed by atoms with E-state index in [0.29, 0.717) is 47.7 Å². The molecule has 5 aromatic rings. The minimum absolute atomic E-state index is 0.000553. The van der Waals surface area contributed by atoms with E-state index in [1.807, 2.05) is 35.2 Å². The summed E-state index contributed by atoms with van der Waals surface area (Å²) in [6.07, 6.45) is 1.48. The van der Waals surface area contributed by atoms with Crippen LogP contribution in [0.25, 0.3) is 22.2 Å². The molecular formula is C29H26ClFN4O4. The molecule has 0 aliphatic carbocycles. The van der Waals surface area contributed by atoms with Crippen molar-refractivity contribution in [3.63, 3.8) is 0 Å². The number of ether oxygens (including phenoxy) is 1. The number of benzene rings is 3. The second-order valence-electron chi connectivity index (χ2n) is 8.75. The Kier molecular flexibility index (Phi) is 8.33. The number of aromatic nitrogens is 2. The van der Waals surface area contributed by atoms with Crippen molar-refractivity contribution in [3.05, 3.63) is 95.7 Å². The van der Waals surface area contributed by atoms with Crippen molar-refractivity contribution >= 4 is 34.0 Å². The van der Waals surface area contributed by atoms with Crippen molar-refractivity contribution in [2.45, 2.75) is 6.54 Å². The number of hydrogen-bond acceptors (Lipinski definition) is 8. The smallest absolute Gasteiger partial charge is 0.165 e. The van der Waals surface area contributed by atoms with Crippen LogP contribution in [-0.2, 0) is 6.54 Å². The molecule has 0 saturated carbocycles. The number of hydrogen-bond donors (Lipinski definition) is 3. The minimum Gasteiger partial charge on any atom is -0.460 e. The lowest BCUT2D eigenvalue weighted by molar-refractivity contribution is 0.149. The average Bonchev–Trinajstić information content (AvgIpc) is 3.40. The van der Waals surface area contributed by atoms with Gasteiger partial charge in [-0.15, -0.1) is 0 Å². The Morgan fingerprint density at radius 3 is 2.51 bits per heavy atom. The first-order valence-corrected chi connectivity index (χ1v) is 12.7. The lowest BCUT2D eigenvalue weighted by Crippen LogP contribution is -2.29. The largest absolute Gasteiger partial charge is 0.460 e. The third-order valence-corrected chi connectivity index (χ3v) is 6.34. The number of fused-ring (bicyclic) bond motifs is 1. The fourth-order valence-corrected chi connectivity index (χ4v) is 4.36. The van der Waals surface area contributed by atoms with Crippen molar-refractivity contribution in [2.24, 2.45) is 0 Å². The van der Waals surface area contributed by atoms with E-state index < -0.39 is 5.82 Å². The summed E-state index contributed by atoms with van der Waals surface area (Å²) in [4.78, 5) is 10.7. The van der Waals surface area contributed by atoms with E-state index in [4.69, 9.17) is 20.8 Å². The molecule has 0 radical (unpaired) electrons. The molecule has 0 amide bonds. The van der Waals surface area contributed by atoms with Gasteiger partial charge in [0.25, 0.3) is 0 Å². The maximum atomic E-state index is 14.0. The summed E-state index contributed by atoms with van der Waals surface area (Å²) in [6, 6.07) is 20.8. The zero-order chi connectivity index (χ0) is 27.2. The van der Waals surface area contributed by atoms with Gasteiger partial charge in [0.15, 0.2) is 11.6 Å². The summed E-state index contributed by atoms with van der Waals surface area (Å²) in [6.45, 7) is 1.36. The monoisotopic (exact) mass is 548 g/mol. The molecule has 2 heterocycles. The number of nitrogens with zero attached hydrogens (tertiary/aromatic N) is 3. The van der Waals surface area contributed by atoms with Crippen molar-refractivity contribution < 1.29 is 23.8 Å². The Balaban J connectivity index is 1.37. The standard InChI is InChI=1S/C29H26ClFN4O4/c30-23-16-20(6-9-27(23)39-28-4-2-1-3-24(28)31)34-29-22-15-19(5-8-25(22)32-18-33-29)26-10-7-21(38-26)17-35(11-13-36)12-14-37/h1-10,15-16,18,36-37H,11-14,17H2,(H,32,33,34). The molecule has 0 atom stereocenters. The van der Waals surface area contributed by atoms with Gasteiger partial charge < -0.3 is 24.7 Å². The molecular weight excluding hydrogens is 523 g/mol. The van der Waals surface area contributed by atoms with E-state index in [0.717, 1.165) is 22.2 Å². The molecule has 2 aromatic heterocycles. The summed E-state index contributed by atoms with van der Waals surface area (Å²) >= 11 is 6.44. The Bertz CT molecular complexity index is 1570. The highest BCUT2D eigenvalue weighted by Gasteiger charge is 2.13. The number of para-hydroxylation sites is 1. The normalized spacial score (nSPS) is 11.3. The maximum absolute atomic E-state index is 14.0. The van der Waals surface area contributed by atoms with Crippen LogP contribution in [0.1, 0.15) is 5.76 Å². The van der Waals surface area contributed by atoms with Crippen LogP contribution in [-0.4, -0.2) is 51.4 Å². The fraction of sp³-hybridized carbons (Fsp3) is 0.172. The van der Waals surface area contributed by atoms with Gasteiger partial charge in [-0.1, -0.05) is 23.7 Å². The van der Waals surface area contributed by atoms with Gasteiger partial charge in [0.05, 0.1) is 30.3 Å². The van der Waals surface area contributed by atoms with Crippen molar-refractivity contribution in [1.82, 2.24) is 14.9 Å². The second kappa shape index (κ2) is 12.2. The van der Waals surface area contributed by atoms with E-state index in [-0.39, 0.29) is 19.0 Å². The third-order valence-electron chi connectivity index (χ3n) is 6.04. The van der Waals surface area contributed by atoms with E-state index in [9.17, 15) is 14.6 Å². The minimum atomic E-state index is -0.477. The molecule has 10 heteroatoms. The maximum Gasteiger partial charge on any atom is 0.165 e. The van der Waals surface area contributed by atoms with Crippen molar-refractivity contribution in [2.75, 3.05) is 31.6 Å². The molecule has 0 spiro atoms. The van der Waals surface area contributed by atoms with Gasteiger partial charge in [0, 0.05) is 29.7 Å². The molecule has 3 N–H and O–H groups in total. The molecule has 0 aliphatic heterocycles. The highest BCUT2D eigenvalue weighted by Crippen LogP contribution is 2.35. The number of aliphatic hydroxyl groups is 2.